The Bertz CT molecular complexity index is 721. The van der Waals surface area contributed by atoms with Crippen LogP contribution in [-0.2, 0) is 6.42 Å². The van der Waals surface area contributed by atoms with Gasteiger partial charge in [0.15, 0.2) is 5.96 Å². The summed E-state index contributed by atoms with van der Waals surface area (Å²) < 4.78 is 0. The topological polar surface area (TPSA) is 109 Å². The van der Waals surface area contributed by atoms with Gasteiger partial charge in [-0.15, -0.1) is 0 Å². The van der Waals surface area contributed by atoms with Crippen LogP contribution < -0.4 is 11.5 Å². The van der Waals surface area contributed by atoms with Gasteiger partial charge in [0.25, 0.3) is 0 Å². The number of phenolic OH excluding ortho intramolecular Hbond substituents is 1. The maximum Gasteiger partial charge on any atom is 0.192 e. The molecule has 1 unspecified atom stereocenters. The number of aromatic hydroxyl groups is 1. The Kier molecular flexibility index (Phi) is 3.74. The minimum absolute atomic E-state index is 0.00136. The summed E-state index contributed by atoms with van der Waals surface area (Å²) in [6.07, 6.45) is 7.33. The fourth-order valence-electron chi connectivity index (χ4n) is 2.47. The second-order valence-electron chi connectivity index (χ2n) is 5.19. The molecule has 6 nitrogen and oxygen atoms in total. The standard InChI is InChI=1S/C16H17N5O/c17-16(18)21-15-12-3-1-2-4-13(12)19-14(20-15)9-10-5-7-11(22)8-6-10/h1-2,4-8,12,22H,3,9H2,(H4,17,18,19,20,21). The van der Waals surface area contributed by atoms with Gasteiger partial charge in [-0.25, -0.2) is 9.98 Å². The molecule has 0 saturated carbocycles. The minimum atomic E-state index is -0.00136. The van der Waals surface area contributed by atoms with E-state index < -0.39 is 0 Å². The van der Waals surface area contributed by atoms with E-state index in [1.807, 2.05) is 30.4 Å². The van der Waals surface area contributed by atoms with Gasteiger partial charge in [-0.1, -0.05) is 24.3 Å². The normalized spacial score (nSPS) is 19.6. The van der Waals surface area contributed by atoms with Gasteiger partial charge in [0.1, 0.15) is 17.4 Å². The fourth-order valence-corrected chi connectivity index (χ4v) is 2.47. The van der Waals surface area contributed by atoms with Crippen LogP contribution in [0.5, 0.6) is 5.75 Å². The summed E-state index contributed by atoms with van der Waals surface area (Å²) in [4.78, 5) is 13.3. The number of fused-ring (bicyclic) bond motifs is 1. The molecule has 1 aliphatic carbocycles. The lowest BCUT2D eigenvalue weighted by atomic mass is 9.94. The zero-order chi connectivity index (χ0) is 15.5. The van der Waals surface area contributed by atoms with Crippen molar-refractivity contribution in [1.82, 2.24) is 0 Å². The second kappa shape index (κ2) is 5.85. The van der Waals surface area contributed by atoms with Crippen LogP contribution in [0, 0.1) is 5.92 Å². The first kappa shape index (κ1) is 14.1. The molecule has 0 amide bonds. The molecule has 112 valence electrons. The van der Waals surface area contributed by atoms with Crippen LogP contribution in [0.15, 0.2) is 63.2 Å². The van der Waals surface area contributed by atoms with E-state index in [1.165, 1.54) is 0 Å². The van der Waals surface area contributed by atoms with E-state index in [1.54, 1.807) is 12.1 Å². The van der Waals surface area contributed by atoms with E-state index in [4.69, 9.17) is 11.5 Å². The Labute approximate surface area is 128 Å². The number of aliphatic imine (C=N–C) groups is 3. The van der Waals surface area contributed by atoms with Crippen molar-refractivity contribution >= 4 is 17.6 Å². The van der Waals surface area contributed by atoms with Crippen molar-refractivity contribution in [3.05, 3.63) is 53.8 Å². The van der Waals surface area contributed by atoms with E-state index in [0.717, 1.165) is 17.7 Å². The Balaban J connectivity index is 1.92. The Morgan fingerprint density at radius 3 is 2.73 bits per heavy atom. The lowest BCUT2D eigenvalue weighted by Gasteiger charge is -2.22. The molecule has 0 saturated heterocycles. The van der Waals surface area contributed by atoms with Crippen LogP contribution in [0.25, 0.3) is 0 Å². The number of allylic oxidation sites excluding steroid dienone is 3. The van der Waals surface area contributed by atoms with Crippen molar-refractivity contribution in [2.75, 3.05) is 0 Å². The van der Waals surface area contributed by atoms with E-state index in [9.17, 15) is 5.11 Å². The third-order valence-electron chi connectivity index (χ3n) is 3.49. The highest BCUT2D eigenvalue weighted by Gasteiger charge is 2.26. The molecule has 0 aromatic heterocycles. The summed E-state index contributed by atoms with van der Waals surface area (Å²) in [5.74, 6) is 1.50. The van der Waals surface area contributed by atoms with E-state index in [-0.39, 0.29) is 17.6 Å². The Hall–Kier alpha value is -2.89. The number of nitrogens with zero attached hydrogens (tertiary/aromatic N) is 3. The molecule has 1 aliphatic heterocycles. The first-order valence-electron chi connectivity index (χ1n) is 7.02. The molecule has 0 bridgehead atoms. The highest BCUT2D eigenvalue weighted by Crippen LogP contribution is 2.28. The lowest BCUT2D eigenvalue weighted by molar-refractivity contribution is 0.475. The van der Waals surface area contributed by atoms with Crippen LogP contribution in [0.4, 0.5) is 0 Å². The summed E-state index contributed by atoms with van der Waals surface area (Å²) in [5.41, 5.74) is 12.9. The number of rotatable bonds is 2. The molecule has 1 aromatic rings. The van der Waals surface area contributed by atoms with Gasteiger partial charge >= 0.3 is 0 Å². The second-order valence-corrected chi connectivity index (χ2v) is 5.19. The number of phenols is 1. The number of hydrogen-bond acceptors (Lipinski definition) is 4. The van der Waals surface area contributed by atoms with Crippen LogP contribution >= 0.6 is 0 Å². The molecular formula is C16H17N5O. The quantitative estimate of drug-likeness (QED) is 0.567. The number of guanidine groups is 1. The van der Waals surface area contributed by atoms with Crippen molar-refractivity contribution in [3.63, 3.8) is 0 Å². The molecule has 5 N–H and O–H groups in total. The van der Waals surface area contributed by atoms with Crippen LogP contribution in [0.1, 0.15) is 12.0 Å². The molecule has 0 radical (unpaired) electrons. The van der Waals surface area contributed by atoms with Crippen molar-refractivity contribution < 1.29 is 5.11 Å². The van der Waals surface area contributed by atoms with Crippen molar-refractivity contribution in [2.45, 2.75) is 12.8 Å². The smallest absolute Gasteiger partial charge is 0.192 e. The van der Waals surface area contributed by atoms with Crippen molar-refractivity contribution in [3.8, 4) is 5.75 Å². The van der Waals surface area contributed by atoms with Gasteiger partial charge in [0, 0.05) is 6.42 Å². The molecule has 2 aliphatic rings. The first-order valence-corrected chi connectivity index (χ1v) is 7.02. The van der Waals surface area contributed by atoms with Crippen LogP contribution in [0.2, 0.25) is 0 Å². The Morgan fingerprint density at radius 2 is 2.00 bits per heavy atom. The molecule has 1 aromatic carbocycles. The fraction of sp³-hybridized carbons (Fsp3) is 0.188. The van der Waals surface area contributed by atoms with Gasteiger partial charge in [0.05, 0.1) is 11.6 Å². The molecule has 0 spiro atoms. The maximum atomic E-state index is 9.34. The van der Waals surface area contributed by atoms with Crippen LogP contribution in [-0.4, -0.2) is 22.7 Å². The number of benzene rings is 1. The highest BCUT2D eigenvalue weighted by molar-refractivity contribution is 6.06. The molecule has 0 fully saturated rings. The summed E-state index contributed by atoms with van der Waals surface area (Å²) in [6, 6.07) is 6.97. The zero-order valence-corrected chi connectivity index (χ0v) is 12.0. The van der Waals surface area contributed by atoms with Gasteiger partial charge in [0.2, 0.25) is 0 Å². The predicted molar refractivity (Wildman–Crippen MR) is 87.8 cm³/mol. The SMILES string of the molecule is NC(N)=NC1=NC(Cc2ccc(O)cc2)=NC2=CC=CCC21. The summed E-state index contributed by atoms with van der Waals surface area (Å²) in [7, 11) is 0. The monoisotopic (exact) mass is 295 g/mol. The predicted octanol–water partition coefficient (Wildman–Crippen LogP) is 1.48. The van der Waals surface area contributed by atoms with E-state index in [0.29, 0.717) is 18.1 Å². The molecule has 6 heteroatoms. The van der Waals surface area contributed by atoms with Gasteiger partial charge < -0.3 is 16.6 Å². The van der Waals surface area contributed by atoms with Gasteiger partial charge in [-0.05, 0) is 30.2 Å². The number of hydrogen-bond donors (Lipinski definition) is 3. The van der Waals surface area contributed by atoms with Crippen molar-refractivity contribution in [1.29, 1.82) is 0 Å². The van der Waals surface area contributed by atoms with Crippen LogP contribution in [0.3, 0.4) is 0 Å². The maximum absolute atomic E-state index is 9.34. The lowest BCUT2D eigenvalue weighted by Crippen LogP contribution is -2.29. The zero-order valence-electron chi connectivity index (χ0n) is 12.0. The largest absolute Gasteiger partial charge is 0.508 e. The highest BCUT2D eigenvalue weighted by atomic mass is 16.3. The molecular weight excluding hydrogens is 278 g/mol. The number of amidine groups is 2. The number of nitrogens with two attached hydrogens (primary N) is 2. The molecule has 1 atom stereocenters. The van der Waals surface area contributed by atoms with Gasteiger partial charge in [-0.3, -0.25) is 0 Å². The van der Waals surface area contributed by atoms with Crippen molar-refractivity contribution in [2.24, 2.45) is 32.4 Å². The van der Waals surface area contributed by atoms with Gasteiger partial charge in [-0.2, -0.15) is 4.99 Å². The van der Waals surface area contributed by atoms with E-state index >= 15 is 0 Å². The summed E-state index contributed by atoms with van der Waals surface area (Å²) >= 11 is 0. The first-order chi connectivity index (χ1) is 10.6. The summed E-state index contributed by atoms with van der Waals surface area (Å²) in [5, 5.41) is 9.34. The average Bonchev–Trinajstić information content (AvgIpc) is 2.49. The molecule has 1 heterocycles. The average molecular weight is 295 g/mol. The molecule has 3 rings (SSSR count). The van der Waals surface area contributed by atoms with E-state index in [2.05, 4.69) is 15.0 Å². The Morgan fingerprint density at radius 1 is 1.23 bits per heavy atom. The third-order valence-corrected chi connectivity index (χ3v) is 3.49. The molecule has 22 heavy (non-hydrogen) atoms. The summed E-state index contributed by atoms with van der Waals surface area (Å²) in [6.45, 7) is 0. The third kappa shape index (κ3) is 3.06. The minimum Gasteiger partial charge on any atom is -0.508 e.